The van der Waals surface area contributed by atoms with Crippen LogP contribution in [0.4, 0.5) is 0 Å². The maximum absolute atomic E-state index is 13.1. The minimum absolute atomic E-state index is 0.129. The molecule has 6 atom stereocenters. The lowest BCUT2D eigenvalue weighted by atomic mass is 9.71. The van der Waals surface area contributed by atoms with Crippen molar-refractivity contribution in [1.82, 2.24) is 0 Å². The van der Waals surface area contributed by atoms with Crippen LogP contribution in [-0.2, 0) is 4.74 Å². The molecule has 1 heterocycles. The number of fused-ring (bicyclic) bond motifs is 2. The van der Waals surface area contributed by atoms with Gasteiger partial charge in [0, 0.05) is 5.92 Å². The molecule has 0 radical (unpaired) electrons. The molecule has 1 aliphatic heterocycles. The molecule has 1 fully saturated rings. The molecule has 2 aromatic carbocycles. The molecule has 160 valence electrons. The van der Waals surface area contributed by atoms with Gasteiger partial charge in [0.05, 0.1) is 23.8 Å². The maximum Gasteiger partial charge on any atom is 0.201 e. The summed E-state index contributed by atoms with van der Waals surface area (Å²) >= 11 is 0. The van der Waals surface area contributed by atoms with Crippen LogP contribution in [0, 0.1) is 6.92 Å². The van der Waals surface area contributed by atoms with E-state index in [0.29, 0.717) is 11.1 Å². The zero-order valence-corrected chi connectivity index (χ0v) is 15.9. The summed E-state index contributed by atoms with van der Waals surface area (Å²) in [6.07, 6.45) is -7.24. The molecule has 1 aliphatic carbocycles. The Morgan fingerprint density at radius 3 is 2.27 bits per heavy atom. The summed E-state index contributed by atoms with van der Waals surface area (Å²) in [5.41, 5.74) is 0.719. The van der Waals surface area contributed by atoms with Gasteiger partial charge in [-0.25, -0.2) is 0 Å². The average molecular weight is 418 g/mol. The Morgan fingerprint density at radius 1 is 0.900 bits per heavy atom. The molecule has 0 bridgehead atoms. The van der Waals surface area contributed by atoms with Crippen LogP contribution in [0.3, 0.4) is 0 Å². The molecule has 2 aromatic rings. The molecule has 0 aromatic heterocycles. The number of aliphatic hydroxyl groups excluding tert-OH is 4. The normalized spacial score (nSPS) is 30.6. The second kappa shape index (κ2) is 7.22. The number of hydrogen-bond donors (Lipinski definition) is 7. The predicted octanol–water partition coefficient (Wildman–Crippen LogP) is -0.369. The number of aryl methyl sites for hydroxylation is 1. The van der Waals surface area contributed by atoms with Crippen LogP contribution in [0.2, 0.25) is 0 Å². The van der Waals surface area contributed by atoms with Gasteiger partial charge in [-0.2, -0.15) is 0 Å². The zero-order valence-electron chi connectivity index (χ0n) is 15.9. The summed E-state index contributed by atoms with van der Waals surface area (Å²) in [4.78, 5) is 13.1. The van der Waals surface area contributed by atoms with Gasteiger partial charge in [0.2, 0.25) is 5.78 Å². The van der Waals surface area contributed by atoms with Crippen molar-refractivity contribution in [1.29, 1.82) is 0 Å². The molecule has 6 unspecified atom stereocenters. The summed E-state index contributed by atoms with van der Waals surface area (Å²) in [5, 5.41) is 71.3. The number of benzene rings is 2. The fourth-order valence-corrected chi connectivity index (χ4v) is 4.43. The van der Waals surface area contributed by atoms with Crippen molar-refractivity contribution in [2.24, 2.45) is 0 Å². The van der Waals surface area contributed by atoms with Crippen molar-refractivity contribution in [3.8, 4) is 17.2 Å². The minimum Gasteiger partial charge on any atom is -0.507 e. The third-order valence-electron chi connectivity index (χ3n) is 5.86. The molecule has 2 aliphatic rings. The lowest BCUT2D eigenvalue weighted by Gasteiger charge is -2.45. The lowest BCUT2D eigenvalue weighted by Crippen LogP contribution is -2.60. The van der Waals surface area contributed by atoms with Crippen LogP contribution in [0.25, 0.3) is 0 Å². The number of ether oxygens (including phenoxy) is 1. The van der Waals surface area contributed by atoms with E-state index in [9.17, 15) is 40.5 Å². The second-order valence-electron chi connectivity index (χ2n) is 7.75. The third-order valence-corrected chi connectivity index (χ3v) is 5.86. The van der Waals surface area contributed by atoms with Crippen LogP contribution in [0.5, 0.6) is 17.2 Å². The first-order chi connectivity index (χ1) is 14.2. The largest absolute Gasteiger partial charge is 0.507 e. The van der Waals surface area contributed by atoms with Gasteiger partial charge in [-0.3, -0.25) is 4.79 Å². The first-order valence-corrected chi connectivity index (χ1v) is 9.40. The molecular formula is C21H22O9. The molecule has 0 spiro atoms. The standard InChI is InChI=1S/C21H22O9/c1-7-4-9-13(21-20(29)19(28)17(26)12(6-22)30-21)8-2-3-10(23)16(25)15(8)18(27)14(9)11(24)5-7/h2-5,12-13,17,19-26,28-29H,6H2,1H3. The number of phenolic OH excluding ortho intramolecular Hbond substituents is 3. The predicted molar refractivity (Wildman–Crippen MR) is 102 cm³/mol. The topological polar surface area (TPSA) is 168 Å². The maximum atomic E-state index is 13.1. The van der Waals surface area contributed by atoms with Crippen molar-refractivity contribution in [3.05, 3.63) is 52.1 Å². The molecule has 0 amide bonds. The van der Waals surface area contributed by atoms with E-state index in [1.165, 1.54) is 18.2 Å². The van der Waals surface area contributed by atoms with Gasteiger partial charge in [0.25, 0.3) is 0 Å². The summed E-state index contributed by atoms with van der Waals surface area (Å²) < 4.78 is 5.72. The number of rotatable bonds is 2. The monoisotopic (exact) mass is 418 g/mol. The smallest absolute Gasteiger partial charge is 0.201 e. The summed E-state index contributed by atoms with van der Waals surface area (Å²) in [6.45, 7) is 1.06. The van der Waals surface area contributed by atoms with Gasteiger partial charge in [-0.05, 0) is 35.7 Å². The fraction of sp³-hybridized carbons (Fsp3) is 0.381. The van der Waals surface area contributed by atoms with E-state index in [1.54, 1.807) is 13.0 Å². The van der Waals surface area contributed by atoms with E-state index in [-0.39, 0.29) is 22.4 Å². The van der Waals surface area contributed by atoms with E-state index < -0.39 is 60.3 Å². The van der Waals surface area contributed by atoms with Crippen LogP contribution in [0.15, 0.2) is 24.3 Å². The van der Waals surface area contributed by atoms with E-state index in [2.05, 4.69) is 0 Å². The average Bonchev–Trinajstić information content (AvgIpc) is 2.69. The number of aromatic hydroxyl groups is 3. The van der Waals surface area contributed by atoms with Gasteiger partial charge in [0.15, 0.2) is 11.5 Å². The highest BCUT2D eigenvalue weighted by Gasteiger charge is 2.50. The van der Waals surface area contributed by atoms with E-state index in [0.717, 1.165) is 0 Å². The number of carbonyl (C=O) groups excluding carboxylic acids is 1. The van der Waals surface area contributed by atoms with E-state index >= 15 is 0 Å². The van der Waals surface area contributed by atoms with Crippen molar-refractivity contribution in [3.63, 3.8) is 0 Å². The summed E-state index contributed by atoms with van der Waals surface area (Å²) in [6, 6.07) is 5.55. The first kappa shape index (κ1) is 20.6. The first-order valence-electron chi connectivity index (χ1n) is 9.40. The van der Waals surface area contributed by atoms with Gasteiger partial charge in [0.1, 0.15) is 30.2 Å². The number of hydrogen-bond acceptors (Lipinski definition) is 9. The second-order valence-corrected chi connectivity index (χ2v) is 7.75. The molecular weight excluding hydrogens is 396 g/mol. The third kappa shape index (κ3) is 2.86. The van der Waals surface area contributed by atoms with Crippen molar-refractivity contribution in [2.75, 3.05) is 6.61 Å². The van der Waals surface area contributed by atoms with Crippen molar-refractivity contribution < 1.29 is 45.3 Å². The molecule has 30 heavy (non-hydrogen) atoms. The quantitative estimate of drug-likeness (QED) is 0.322. The van der Waals surface area contributed by atoms with Crippen LogP contribution in [0.1, 0.15) is 38.5 Å². The summed E-state index contributed by atoms with van der Waals surface area (Å²) in [5.74, 6) is -3.25. The zero-order chi connectivity index (χ0) is 21.9. The van der Waals surface area contributed by atoms with E-state index in [1.807, 2.05) is 0 Å². The number of carbonyl (C=O) groups is 1. The fourth-order valence-electron chi connectivity index (χ4n) is 4.43. The molecule has 1 saturated heterocycles. The Hall–Kier alpha value is -2.69. The Morgan fingerprint density at radius 2 is 1.60 bits per heavy atom. The van der Waals surface area contributed by atoms with Crippen molar-refractivity contribution in [2.45, 2.75) is 43.4 Å². The lowest BCUT2D eigenvalue weighted by molar-refractivity contribution is -0.232. The molecule has 0 saturated carbocycles. The number of aliphatic hydroxyl groups is 4. The molecule has 9 heteroatoms. The molecule has 9 nitrogen and oxygen atoms in total. The van der Waals surface area contributed by atoms with Gasteiger partial charge < -0.3 is 40.5 Å². The van der Waals surface area contributed by atoms with Crippen LogP contribution in [-0.4, -0.2) is 78.7 Å². The highest BCUT2D eigenvalue weighted by Crippen LogP contribution is 2.49. The van der Waals surface area contributed by atoms with E-state index in [4.69, 9.17) is 4.74 Å². The highest BCUT2D eigenvalue weighted by atomic mass is 16.5. The number of phenols is 3. The molecule has 4 rings (SSSR count). The minimum atomic E-state index is -1.64. The highest BCUT2D eigenvalue weighted by molar-refractivity contribution is 6.16. The SMILES string of the molecule is Cc1cc(O)c2c(c1)C(C1OC(CO)C(O)C(O)C1O)c1ccc(O)c(O)c1C2=O. The molecule has 7 N–H and O–H groups in total. The van der Waals surface area contributed by atoms with Gasteiger partial charge in [-0.1, -0.05) is 12.1 Å². The van der Waals surface area contributed by atoms with Crippen LogP contribution < -0.4 is 0 Å². The Kier molecular flexibility index (Phi) is 4.95. The van der Waals surface area contributed by atoms with Crippen molar-refractivity contribution >= 4 is 5.78 Å². The van der Waals surface area contributed by atoms with Gasteiger partial charge >= 0.3 is 0 Å². The Balaban J connectivity index is 1.98. The van der Waals surface area contributed by atoms with Gasteiger partial charge in [-0.15, -0.1) is 0 Å². The van der Waals surface area contributed by atoms with Crippen LogP contribution >= 0.6 is 0 Å². The Labute approximate surface area is 171 Å². The Bertz CT molecular complexity index is 1020. The summed E-state index contributed by atoms with van der Waals surface area (Å²) in [7, 11) is 0. The number of ketones is 1.